The van der Waals surface area contributed by atoms with Crippen molar-refractivity contribution in [1.82, 2.24) is 25.5 Å². The molecule has 0 unspecified atom stereocenters. The van der Waals surface area contributed by atoms with Crippen molar-refractivity contribution in [1.29, 1.82) is 0 Å². The van der Waals surface area contributed by atoms with Crippen LogP contribution in [0.15, 0.2) is 45.6 Å². The molecule has 7 nitrogen and oxygen atoms in total. The molecule has 0 radical (unpaired) electrons. The van der Waals surface area contributed by atoms with E-state index in [0.717, 1.165) is 23.3 Å². The van der Waals surface area contributed by atoms with Crippen LogP contribution in [0.4, 0.5) is 0 Å². The summed E-state index contributed by atoms with van der Waals surface area (Å²) in [5, 5.41) is 11.5. The average molecular weight is 412 g/mol. The summed E-state index contributed by atoms with van der Waals surface area (Å²) in [7, 11) is 0. The van der Waals surface area contributed by atoms with Gasteiger partial charge >= 0.3 is 0 Å². The number of hydrogen-bond acceptors (Lipinski definition) is 6. The Morgan fingerprint density at radius 3 is 2.97 bits per heavy atom. The SMILES string of the molecule is O=C(CSc1nnc(CCc2nc3ccccc3[nH]2)o1)NCCC1=CCCCC1. The van der Waals surface area contributed by atoms with Crippen LogP contribution in [-0.2, 0) is 17.6 Å². The number of benzene rings is 1. The summed E-state index contributed by atoms with van der Waals surface area (Å²) in [6.07, 6.45) is 9.46. The van der Waals surface area contributed by atoms with E-state index in [4.69, 9.17) is 4.42 Å². The molecule has 4 rings (SSSR count). The molecule has 152 valence electrons. The van der Waals surface area contributed by atoms with Gasteiger partial charge in [0.2, 0.25) is 11.8 Å². The van der Waals surface area contributed by atoms with E-state index in [1.54, 1.807) is 0 Å². The lowest BCUT2D eigenvalue weighted by atomic mass is 9.97. The molecule has 0 saturated heterocycles. The molecular weight excluding hydrogens is 386 g/mol. The Labute approximate surface area is 173 Å². The maximum Gasteiger partial charge on any atom is 0.277 e. The maximum absolute atomic E-state index is 12.0. The van der Waals surface area contributed by atoms with Crippen molar-refractivity contribution in [2.24, 2.45) is 0 Å². The molecule has 0 aliphatic heterocycles. The van der Waals surface area contributed by atoms with E-state index in [9.17, 15) is 4.79 Å². The second-order valence-corrected chi connectivity index (χ2v) is 8.09. The van der Waals surface area contributed by atoms with Crippen LogP contribution < -0.4 is 5.32 Å². The second kappa shape index (κ2) is 9.73. The van der Waals surface area contributed by atoms with Gasteiger partial charge in [-0.2, -0.15) is 0 Å². The van der Waals surface area contributed by atoms with Gasteiger partial charge in [0.25, 0.3) is 5.22 Å². The number of H-pyrrole nitrogens is 1. The molecule has 29 heavy (non-hydrogen) atoms. The Bertz CT molecular complexity index is 961. The molecule has 2 N–H and O–H groups in total. The number of carbonyl (C=O) groups excluding carboxylic acids is 1. The number of aromatic nitrogens is 4. The number of hydrogen-bond donors (Lipinski definition) is 2. The van der Waals surface area contributed by atoms with Crippen LogP contribution in [0.2, 0.25) is 0 Å². The van der Waals surface area contributed by atoms with E-state index < -0.39 is 0 Å². The minimum Gasteiger partial charge on any atom is -0.416 e. The molecule has 0 atom stereocenters. The molecule has 1 aliphatic carbocycles. The quantitative estimate of drug-likeness (QED) is 0.410. The summed E-state index contributed by atoms with van der Waals surface area (Å²) in [5.41, 5.74) is 3.44. The third-order valence-electron chi connectivity index (χ3n) is 4.94. The number of aryl methyl sites for hydroxylation is 2. The van der Waals surface area contributed by atoms with Gasteiger partial charge in [0.15, 0.2) is 0 Å². The smallest absolute Gasteiger partial charge is 0.277 e. The maximum atomic E-state index is 12.0. The van der Waals surface area contributed by atoms with Crippen molar-refractivity contribution in [3.63, 3.8) is 0 Å². The fraction of sp³-hybridized carbons (Fsp3) is 0.429. The van der Waals surface area contributed by atoms with E-state index in [1.165, 1.54) is 43.0 Å². The van der Waals surface area contributed by atoms with Crippen molar-refractivity contribution in [3.8, 4) is 0 Å². The molecule has 0 fully saturated rings. The lowest BCUT2D eigenvalue weighted by molar-refractivity contribution is -0.118. The van der Waals surface area contributed by atoms with E-state index in [-0.39, 0.29) is 11.7 Å². The monoisotopic (exact) mass is 411 g/mol. The molecule has 8 heteroatoms. The number of aromatic amines is 1. The number of nitrogens with zero attached hydrogens (tertiary/aromatic N) is 3. The van der Waals surface area contributed by atoms with Crippen molar-refractivity contribution in [2.45, 2.75) is 50.2 Å². The predicted molar refractivity (Wildman–Crippen MR) is 113 cm³/mol. The number of carbonyl (C=O) groups is 1. The standard InChI is InChI=1S/C21H25N5O2S/c27-19(22-13-12-15-6-2-1-3-7-15)14-29-21-26-25-20(28-21)11-10-18-23-16-8-4-5-9-17(16)24-18/h4-6,8-9H,1-3,7,10-14H2,(H,22,27)(H,23,24). The molecular formula is C21H25N5O2S. The minimum absolute atomic E-state index is 0.00608. The van der Waals surface area contributed by atoms with Crippen molar-refractivity contribution in [3.05, 3.63) is 47.6 Å². The number of thioether (sulfide) groups is 1. The highest BCUT2D eigenvalue weighted by atomic mass is 32.2. The van der Waals surface area contributed by atoms with Crippen molar-refractivity contribution >= 4 is 28.7 Å². The zero-order chi connectivity index (χ0) is 19.9. The van der Waals surface area contributed by atoms with Gasteiger partial charge in [-0.05, 0) is 44.2 Å². The van der Waals surface area contributed by atoms with Crippen molar-refractivity contribution < 1.29 is 9.21 Å². The number of imidazole rings is 1. The number of nitrogens with one attached hydrogen (secondary N) is 2. The molecule has 0 spiro atoms. The Morgan fingerprint density at radius 2 is 2.10 bits per heavy atom. The van der Waals surface area contributed by atoms with Crippen LogP contribution in [0.5, 0.6) is 0 Å². The van der Waals surface area contributed by atoms with E-state index in [0.29, 0.717) is 30.5 Å². The zero-order valence-corrected chi connectivity index (χ0v) is 17.1. The van der Waals surface area contributed by atoms with Crippen LogP contribution in [0.1, 0.15) is 43.8 Å². The van der Waals surface area contributed by atoms with Gasteiger partial charge < -0.3 is 14.7 Å². The predicted octanol–water partition coefficient (Wildman–Crippen LogP) is 3.83. The minimum atomic E-state index is -0.00608. The Hall–Kier alpha value is -2.61. The van der Waals surface area contributed by atoms with Gasteiger partial charge in [-0.15, -0.1) is 10.2 Å². The number of para-hydroxylation sites is 2. The van der Waals surface area contributed by atoms with Crippen LogP contribution in [0.25, 0.3) is 11.0 Å². The molecule has 1 aromatic carbocycles. The summed E-state index contributed by atoms with van der Waals surface area (Å²) < 4.78 is 5.64. The third-order valence-corrected chi connectivity index (χ3v) is 5.76. The first-order valence-corrected chi connectivity index (χ1v) is 11.1. The van der Waals surface area contributed by atoms with Gasteiger partial charge in [0.1, 0.15) is 5.82 Å². The summed E-state index contributed by atoms with van der Waals surface area (Å²) in [5.74, 6) is 1.72. The first-order chi connectivity index (χ1) is 14.3. The van der Waals surface area contributed by atoms with Crippen LogP contribution in [0, 0.1) is 0 Å². The van der Waals surface area contributed by atoms with Crippen molar-refractivity contribution in [2.75, 3.05) is 12.3 Å². The largest absolute Gasteiger partial charge is 0.416 e. The number of amides is 1. The first kappa shape index (κ1) is 19.7. The molecule has 2 aromatic heterocycles. The Balaban J connectivity index is 1.17. The average Bonchev–Trinajstić information content (AvgIpc) is 3.38. The van der Waals surface area contributed by atoms with E-state index in [2.05, 4.69) is 31.6 Å². The van der Waals surface area contributed by atoms with Gasteiger partial charge in [-0.1, -0.05) is 35.5 Å². The summed E-state index contributed by atoms with van der Waals surface area (Å²) in [6.45, 7) is 0.692. The fourth-order valence-electron chi connectivity index (χ4n) is 3.42. The first-order valence-electron chi connectivity index (χ1n) is 10.1. The highest BCUT2D eigenvalue weighted by Gasteiger charge is 2.11. The molecule has 3 aromatic rings. The number of rotatable bonds is 9. The molecule has 1 amide bonds. The number of allylic oxidation sites excluding steroid dienone is 1. The summed E-state index contributed by atoms with van der Waals surface area (Å²) in [4.78, 5) is 19.8. The second-order valence-electron chi connectivity index (χ2n) is 7.16. The van der Waals surface area contributed by atoms with Gasteiger partial charge in [-0.3, -0.25) is 4.79 Å². The van der Waals surface area contributed by atoms with Gasteiger partial charge in [0.05, 0.1) is 16.8 Å². The highest BCUT2D eigenvalue weighted by Crippen LogP contribution is 2.20. The summed E-state index contributed by atoms with van der Waals surface area (Å²) in [6, 6.07) is 7.94. The summed E-state index contributed by atoms with van der Waals surface area (Å²) >= 11 is 1.27. The van der Waals surface area contributed by atoms with Gasteiger partial charge in [0, 0.05) is 19.4 Å². The van der Waals surface area contributed by atoms with Crippen LogP contribution in [-0.4, -0.2) is 38.4 Å². The topological polar surface area (TPSA) is 96.7 Å². The molecule has 0 bridgehead atoms. The lowest BCUT2D eigenvalue weighted by Gasteiger charge is -2.12. The molecule has 0 saturated carbocycles. The normalized spacial score (nSPS) is 14.1. The van der Waals surface area contributed by atoms with E-state index in [1.807, 2.05) is 24.3 Å². The zero-order valence-electron chi connectivity index (χ0n) is 16.3. The highest BCUT2D eigenvalue weighted by molar-refractivity contribution is 7.99. The molecule has 1 aliphatic rings. The Morgan fingerprint density at radius 1 is 1.17 bits per heavy atom. The molecule has 2 heterocycles. The Kier molecular flexibility index (Phi) is 6.61. The lowest BCUT2D eigenvalue weighted by Crippen LogP contribution is -2.26. The third kappa shape index (κ3) is 5.69. The number of fused-ring (bicyclic) bond motifs is 1. The fourth-order valence-corrected chi connectivity index (χ4v) is 4.03. The van der Waals surface area contributed by atoms with Gasteiger partial charge in [-0.25, -0.2) is 4.98 Å². The van der Waals surface area contributed by atoms with Crippen LogP contribution >= 0.6 is 11.8 Å². The van der Waals surface area contributed by atoms with E-state index >= 15 is 0 Å². The van der Waals surface area contributed by atoms with Crippen LogP contribution in [0.3, 0.4) is 0 Å².